The van der Waals surface area contributed by atoms with Gasteiger partial charge >= 0.3 is 5.91 Å². The summed E-state index contributed by atoms with van der Waals surface area (Å²) in [5.74, 6) is -0.550. The molecular formula is C28H27N3O5. The molecule has 1 amide bonds. The normalized spacial score (nSPS) is 17.5. The molecule has 184 valence electrons. The molecule has 2 aromatic heterocycles. The number of aliphatic hydroxyl groups is 1. The number of ether oxygens (including phenoxy) is 1. The van der Waals surface area contributed by atoms with Crippen LogP contribution >= 0.6 is 0 Å². The fourth-order valence-electron chi connectivity index (χ4n) is 4.72. The first-order valence-electron chi connectivity index (χ1n) is 11.7. The Hall–Kier alpha value is -4.33. The number of aliphatic hydroxyl groups excluding tert-OH is 1. The number of anilines is 1. The largest absolute Gasteiger partial charge is 0.507 e. The van der Waals surface area contributed by atoms with Crippen LogP contribution in [0.1, 0.15) is 53.8 Å². The van der Waals surface area contributed by atoms with Gasteiger partial charge in [0, 0.05) is 5.56 Å². The van der Waals surface area contributed by atoms with E-state index < -0.39 is 17.7 Å². The van der Waals surface area contributed by atoms with Gasteiger partial charge in [-0.2, -0.15) is 0 Å². The van der Waals surface area contributed by atoms with Gasteiger partial charge in [0.1, 0.15) is 23.3 Å². The van der Waals surface area contributed by atoms with Gasteiger partial charge in [-0.3, -0.25) is 14.5 Å². The van der Waals surface area contributed by atoms with Crippen molar-refractivity contribution in [1.82, 2.24) is 9.97 Å². The number of methoxy groups -OCH3 is 1. The van der Waals surface area contributed by atoms with Crippen LogP contribution in [0.5, 0.6) is 5.75 Å². The fraction of sp³-hybridized carbons (Fsp3) is 0.250. The lowest BCUT2D eigenvalue weighted by atomic mass is 9.92. The number of Topliss-reactive ketones (excluding diaryl/α,β-unsaturated/α-hetero) is 1. The highest BCUT2D eigenvalue weighted by molar-refractivity contribution is 6.51. The van der Waals surface area contributed by atoms with Crippen molar-refractivity contribution in [1.29, 1.82) is 0 Å². The van der Waals surface area contributed by atoms with E-state index in [1.54, 1.807) is 19.2 Å². The summed E-state index contributed by atoms with van der Waals surface area (Å²) < 4.78 is 11.2. The molecule has 1 unspecified atom stereocenters. The van der Waals surface area contributed by atoms with E-state index in [4.69, 9.17) is 9.15 Å². The van der Waals surface area contributed by atoms with Crippen LogP contribution in [0.4, 0.5) is 5.95 Å². The van der Waals surface area contributed by atoms with Crippen molar-refractivity contribution in [3.05, 3.63) is 82.3 Å². The summed E-state index contributed by atoms with van der Waals surface area (Å²) in [5, 5.41) is 11.5. The van der Waals surface area contributed by atoms with Crippen LogP contribution < -0.4 is 9.64 Å². The number of benzene rings is 2. The predicted molar refractivity (Wildman–Crippen MR) is 136 cm³/mol. The summed E-state index contributed by atoms with van der Waals surface area (Å²) in [6.45, 7) is 7.81. The third-order valence-corrected chi connectivity index (χ3v) is 6.56. The first-order chi connectivity index (χ1) is 17.2. The second kappa shape index (κ2) is 8.71. The lowest BCUT2D eigenvalue weighted by Gasteiger charge is -2.21. The summed E-state index contributed by atoms with van der Waals surface area (Å²) in [6, 6.07) is 11.7. The Kier molecular flexibility index (Phi) is 5.67. The van der Waals surface area contributed by atoms with E-state index >= 15 is 0 Å². The molecule has 0 spiro atoms. The minimum atomic E-state index is -0.995. The number of aromatic nitrogens is 2. The maximum Gasteiger partial charge on any atom is 0.302 e. The Bertz CT molecular complexity index is 1530. The number of aromatic amines is 1. The van der Waals surface area contributed by atoms with Crippen molar-refractivity contribution in [2.75, 3.05) is 12.0 Å². The second-order valence-electron chi connectivity index (χ2n) is 9.33. The van der Waals surface area contributed by atoms with E-state index in [0.29, 0.717) is 28.2 Å². The number of hydrogen-bond donors (Lipinski definition) is 2. The number of aryl methyl sites for hydroxylation is 2. The lowest BCUT2D eigenvalue weighted by molar-refractivity contribution is -0.132. The van der Waals surface area contributed by atoms with Gasteiger partial charge in [0.15, 0.2) is 0 Å². The minimum Gasteiger partial charge on any atom is -0.507 e. The zero-order chi connectivity index (χ0) is 25.7. The van der Waals surface area contributed by atoms with Crippen molar-refractivity contribution in [2.24, 2.45) is 0 Å². The first kappa shape index (κ1) is 23.4. The Labute approximate surface area is 208 Å². The number of carbonyl (C=O) groups excluding carboxylic acids is 2. The van der Waals surface area contributed by atoms with Gasteiger partial charge in [-0.25, -0.2) is 4.98 Å². The molecule has 1 aliphatic heterocycles. The smallest absolute Gasteiger partial charge is 0.302 e. The SMILES string of the molecule is COc1cc(C)c(/C(O)=C2\C(=O)C(=O)N(c3nc4ccc(C)cc4[nH]3)C2c2ccco2)cc1C(C)C. The summed E-state index contributed by atoms with van der Waals surface area (Å²) in [6.07, 6.45) is 1.47. The van der Waals surface area contributed by atoms with E-state index in [9.17, 15) is 14.7 Å². The number of nitrogens with zero attached hydrogens (tertiary/aromatic N) is 2. The van der Waals surface area contributed by atoms with E-state index in [1.807, 2.05) is 58.0 Å². The van der Waals surface area contributed by atoms with Crippen molar-refractivity contribution in [3.63, 3.8) is 0 Å². The molecule has 0 bridgehead atoms. The van der Waals surface area contributed by atoms with E-state index in [-0.39, 0.29) is 23.2 Å². The zero-order valence-electron chi connectivity index (χ0n) is 20.7. The molecule has 2 aromatic carbocycles. The van der Waals surface area contributed by atoms with Crippen LogP contribution in [0.15, 0.2) is 58.7 Å². The van der Waals surface area contributed by atoms with Crippen LogP contribution in [0.2, 0.25) is 0 Å². The van der Waals surface area contributed by atoms with Crippen molar-refractivity contribution in [3.8, 4) is 5.75 Å². The monoisotopic (exact) mass is 485 g/mol. The number of H-pyrrole nitrogens is 1. The molecule has 8 heteroatoms. The Morgan fingerprint density at radius 3 is 2.61 bits per heavy atom. The van der Waals surface area contributed by atoms with Crippen molar-refractivity contribution in [2.45, 2.75) is 39.7 Å². The Morgan fingerprint density at radius 2 is 1.94 bits per heavy atom. The van der Waals surface area contributed by atoms with Gasteiger partial charge in [-0.1, -0.05) is 19.9 Å². The standard InChI is InChI=1S/C28H27N3O5/c1-14(2)17-13-18(16(4)12-22(17)35-5)25(32)23-24(21-7-6-10-36-21)31(27(34)26(23)33)28-29-19-9-8-15(3)11-20(19)30-28/h6-14,24,32H,1-5H3,(H,29,30)/b25-23+. The number of imidazole rings is 1. The van der Waals surface area contributed by atoms with Gasteiger partial charge in [-0.05, 0) is 72.9 Å². The number of amides is 1. The molecule has 36 heavy (non-hydrogen) atoms. The van der Waals surface area contributed by atoms with Crippen LogP contribution in [-0.2, 0) is 9.59 Å². The molecule has 0 aliphatic carbocycles. The predicted octanol–water partition coefficient (Wildman–Crippen LogP) is 5.53. The quantitative estimate of drug-likeness (QED) is 0.219. The van der Waals surface area contributed by atoms with Crippen LogP contribution in [0.3, 0.4) is 0 Å². The zero-order valence-corrected chi connectivity index (χ0v) is 20.7. The topological polar surface area (TPSA) is 109 Å². The summed E-state index contributed by atoms with van der Waals surface area (Å²) in [7, 11) is 1.59. The number of furan rings is 1. The number of nitrogens with one attached hydrogen (secondary N) is 1. The first-order valence-corrected chi connectivity index (χ1v) is 11.7. The van der Waals surface area contributed by atoms with Gasteiger partial charge < -0.3 is 19.2 Å². The maximum atomic E-state index is 13.4. The summed E-state index contributed by atoms with van der Waals surface area (Å²) in [5.41, 5.74) is 4.39. The van der Waals surface area contributed by atoms with Gasteiger partial charge in [0.2, 0.25) is 5.95 Å². The average Bonchev–Trinajstić information content (AvgIpc) is 3.56. The molecule has 1 aliphatic rings. The highest BCUT2D eigenvalue weighted by atomic mass is 16.5. The molecular weight excluding hydrogens is 458 g/mol. The molecule has 1 atom stereocenters. The highest BCUT2D eigenvalue weighted by Gasteiger charge is 2.49. The third kappa shape index (κ3) is 3.66. The van der Waals surface area contributed by atoms with Crippen LogP contribution in [0, 0.1) is 13.8 Å². The third-order valence-electron chi connectivity index (χ3n) is 6.56. The second-order valence-corrected chi connectivity index (χ2v) is 9.33. The lowest BCUT2D eigenvalue weighted by Crippen LogP contribution is -2.30. The maximum absolute atomic E-state index is 13.4. The van der Waals surface area contributed by atoms with Gasteiger partial charge in [0.05, 0.1) is 30.0 Å². The molecule has 1 saturated heterocycles. The average molecular weight is 486 g/mol. The molecule has 2 N–H and O–H groups in total. The Morgan fingerprint density at radius 1 is 1.17 bits per heavy atom. The van der Waals surface area contributed by atoms with Gasteiger partial charge in [-0.15, -0.1) is 0 Å². The Balaban J connectivity index is 1.73. The molecule has 8 nitrogen and oxygen atoms in total. The number of hydrogen-bond acceptors (Lipinski definition) is 6. The highest BCUT2D eigenvalue weighted by Crippen LogP contribution is 2.43. The number of rotatable bonds is 5. The van der Waals surface area contributed by atoms with Crippen molar-refractivity contribution >= 4 is 34.4 Å². The van der Waals surface area contributed by atoms with Gasteiger partial charge in [0.25, 0.3) is 5.78 Å². The number of fused-ring (bicyclic) bond motifs is 1. The van der Waals surface area contributed by atoms with E-state index in [2.05, 4.69) is 9.97 Å². The number of ketones is 1. The van der Waals surface area contributed by atoms with E-state index in [0.717, 1.165) is 16.6 Å². The molecule has 0 saturated carbocycles. The van der Waals surface area contributed by atoms with Crippen molar-refractivity contribution < 1.29 is 23.8 Å². The van der Waals surface area contributed by atoms with E-state index in [1.165, 1.54) is 11.2 Å². The fourth-order valence-corrected chi connectivity index (χ4v) is 4.72. The number of carbonyl (C=O) groups is 2. The van der Waals surface area contributed by atoms with Crippen LogP contribution in [-0.4, -0.2) is 33.9 Å². The molecule has 0 radical (unpaired) electrons. The molecule has 3 heterocycles. The molecule has 5 rings (SSSR count). The minimum absolute atomic E-state index is 0.0606. The molecule has 1 fully saturated rings. The summed E-state index contributed by atoms with van der Waals surface area (Å²) in [4.78, 5) is 35.8. The summed E-state index contributed by atoms with van der Waals surface area (Å²) >= 11 is 0. The molecule has 4 aromatic rings. The van der Waals surface area contributed by atoms with Crippen LogP contribution in [0.25, 0.3) is 16.8 Å².